The maximum absolute atomic E-state index is 10.8. The monoisotopic (exact) mass is 241 g/mol. The van der Waals surface area contributed by atoms with Gasteiger partial charge >= 0.3 is 5.97 Å². The van der Waals surface area contributed by atoms with Crippen molar-refractivity contribution in [2.75, 3.05) is 6.54 Å². The Labute approximate surface area is 105 Å². The summed E-state index contributed by atoms with van der Waals surface area (Å²) in [5, 5.41) is 8.87. The topological polar surface area (TPSA) is 40.5 Å². The third-order valence-corrected chi connectivity index (χ3v) is 3.97. The molecule has 100 valence electrons. The molecule has 0 aromatic rings. The molecular formula is C14H27NO2. The lowest BCUT2D eigenvalue weighted by Gasteiger charge is -2.42. The maximum Gasteiger partial charge on any atom is 0.304 e. The molecule has 2 atom stereocenters. The van der Waals surface area contributed by atoms with Gasteiger partial charge in [-0.15, -0.1) is 0 Å². The lowest BCUT2D eigenvalue weighted by atomic mass is 9.94. The van der Waals surface area contributed by atoms with E-state index in [4.69, 9.17) is 5.11 Å². The predicted molar refractivity (Wildman–Crippen MR) is 70.1 cm³/mol. The average Bonchev–Trinajstić information content (AvgIpc) is 2.63. The first-order valence-electron chi connectivity index (χ1n) is 6.84. The molecule has 0 heterocycles. The molecule has 0 aromatic carbocycles. The number of nitrogens with zero attached hydrogens (tertiary/aromatic N) is 1. The smallest absolute Gasteiger partial charge is 0.304 e. The van der Waals surface area contributed by atoms with Gasteiger partial charge in [-0.2, -0.15) is 0 Å². The fourth-order valence-corrected chi connectivity index (χ4v) is 3.12. The zero-order valence-electron chi connectivity index (χ0n) is 11.7. The van der Waals surface area contributed by atoms with Gasteiger partial charge in [-0.3, -0.25) is 9.69 Å². The van der Waals surface area contributed by atoms with Crippen molar-refractivity contribution >= 4 is 5.97 Å². The number of hydrogen-bond acceptors (Lipinski definition) is 2. The van der Waals surface area contributed by atoms with Gasteiger partial charge in [0.2, 0.25) is 0 Å². The van der Waals surface area contributed by atoms with Gasteiger partial charge in [0.1, 0.15) is 0 Å². The van der Waals surface area contributed by atoms with Gasteiger partial charge in [0.25, 0.3) is 0 Å². The van der Waals surface area contributed by atoms with Crippen molar-refractivity contribution in [3.8, 4) is 0 Å². The summed E-state index contributed by atoms with van der Waals surface area (Å²) in [6.07, 6.45) is 5.30. The first kappa shape index (κ1) is 14.5. The molecule has 3 nitrogen and oxygen atoms in total. The Hall–Kier alpha value is -0.570. The number of hydrogen-bond donors (Lipinski definition) is 1. The van der Waals surface area contributed by atoms with E-state index in [1.165, 1.54) is 25.7 Å². The molecule has 0 aliphatic heterocycles. The molecule has 1 saturated carbocycles. The summed E-state index contributed by atoms with van der Waals surface area (Å²) in [6, 6.07) is 0.583. The van der Waals surface area contributed by atoms with Gasteiger partial charge < -0.3 is 5.11 Å². The molecule has 1 N–H and O–H groups in total. The molecule has 1 rings (SSSR count). The number of carbonyl (C=O) groups is 1. The lowest BCUT2D eigenvalue weighted by molar-refractivity contribution is -0.137. The van der Waals surface area contributed by atoms with Crippen LogP contribution in [-0.2, 0) is 4.79 Å². The van der Waals surface area contributed by atoms with Crippen molar-refractivity contribution in [1.29, 1.82) is 0 Å². The van der Waals surface area contributed by atoms with Crippen LogP contribution in [0.1, 0.15) is 59.8 Å². The van der Waals surface area contributed by atoms with Crippen molar-refractivity contribution in [3.63, 3.8) is 0 Å². The van der Waals surface area contributed by atoms with Crippen LogP contribution in [0.15, 0.2) is 0 Å². The van der Waals surface area contributed by atoms with E-state index < -0.39 is 5.97 Å². The number of carboxylic acids is 1. The quantitative estimate of drug-likeness (QED) is 0.804. The Balaban J connectivity index is 2.71. The first-order valence-corrected chi connectivity index (χ1v) is 6.84. The van der Waals surface area contributed by atoms with Crippen LogP contribution in [0, 0.1) is 5.92 Å². The summed E-state index contributed by atoms with van der Waals surface area (Å²) in [6.45, 7) is 9.51. The van der Waals surface area contributed by atoms with E-state index in [0.29, 0.717) is 12.6 Å². The summed E-state index contributed by atoms with van der Waals surface area (Å²) < 4.78 is 0. The van der Waals surface area contributed by atoms with Crippen LogP contribution in [0.5, 0.6) is 0 Å². The summed E-state index contributed by atoms with van der Waals surface area (Å²) in [7, 11) is 0. The zero-order valence-corrected chi connectivity index (χ0v) is 11.7. The molecule has 0 bridgehead atoms. The summed E-state index contributed by atoms with van der Waals surface area (Å²) in [5.41, 5.74) is 0.0673. The van der Waals surface area contributed by atoms with E-state index in [1.807, 2.05) is 0 Å². The summed E-state index contributed by atoms with van der Waals surface area (Å²) in [5.74, 6) is 0.0633. The lowest BCUT2D eigenvalue weighted by Crippen LogP contribution is -2.50. The molecule has 2 unspecified atom stereocenters. The van der Waals surface area contributed by atoms with Crippen LogP contribution in [0.3, 0.4) is 0 Å². The van der Waals surface area contributed by atoms with Crippen LogP contribution in [0.4, 0.5) is 0 Å². The highest BCUT2D eigenvalue weighted by Crippen LogP contribution is 2.35. The van der Waals surface area contributed by atoms with Crippen LogP contribution < -0.4 is 0 Å². The summed E-state index contributed by atoms with van der Waals surface area (Å²) >= 11 is 0. The van der Waals surface area contributed by atoms with E-state index in [2.05, 4.69) is 32.6 Å². The highest BCUT2D eigenvalue weighted by atomic mass is 16.4. The number of carboxylic acid groups (broad SMARTS) is 1. The van der Waals surface area contributed by atoms with Crippen molar-refractivity contribution in [2.45, 2.75) is 71.4 Å². The van der Waals surface area contributed by atoms with Crippen molar-refractivity contribution in [3.05, 3.63) is 0 Å². The average molecular weight is 241 g/mol. The van der Waals surface area contributed by atoms with Crippen LogP contribution in [-0.4, -0.2) is 34.1 Å². The SMILES string of the molecule is CCC1CCCC1N(CCC(=O)O)C(C)(C)C. The molecule has 1 fully saturated rings. The van der Waals surface area contributed by atoms with Gasteiger partial charge in [-0.1, -0.05) is 19.8 Å². The minimum atomic E-state index is -0.690. The highest BCUT2D eigenvalue weighted by molar-refractivity contribution is 5.66. The predicted octanol–water partition coefficient (Wildman–Crippen LogP) is 3.14. The molecule has 0 aromatic heterocycles. The van der Waals surface area contributed by atoms with Gasteiger partial charge in [-0.25, -0.2) is 0 Å². The highest BCUT2D eigenvalue weighted by Gasteiger charge is 2.36. The van der Waals surface area contributed by atoms with Gasteiger partial charge in [0.05, 0.1) is 6.42 Å². The van der Waals surface area contributed by atoms with Crippen molar-refractivity contribution < 1.29 is 9.90 Å². The Bertz CT molecular complexity index is 257. The standard InChI is InChI=1S/C14H27NO2/c1-5-11-7-6-8-12(11)15(14(2,3)4)10-9-13(16)17/h11-12H,5-10H2,1-4H3,(H,16,17). The fourth-order valence-electron chi connectivity index (χ4n) is 3.12. The summed E-state index contributed by atoms with van der Waals surface area (Å²) in [4.78, 5) is 13.2. The van der Waals surface area contributed by atoms with E-state index in [-0.39, 0.29) is 12.0 Å². The van der Waals surface area contributed by atoms with Crippen LogP contribution in [0.25, 0.3) is 0 Å². The van der Waals surface area contributed by atoms with Gasteiger partial charge in [0, 0.05) is 18.1 Å². The first-order chi connectivity index (χ1) is 7.86. The van der Waals surface area contributed by atoms with Gasteiger partial charge in [-0.05, 0) is 39.5 Å². The molecular weight excluding hydrogens is 214 g/mol. The second-order valence-electron chi connectivity index (χ2n) is 6.17. The van der Waals surface area contributed by atoms with E-state index in [0.717, 1.165) is 5.92 Å². The van der Waals surface area contributed by atoms with Crippen LogP contribution in [0.2, 0.25) is 0 Å². The Morgan fingerprint density at radius 1 is 1.35 bits per heavy atom. The molecule has 0 amide bonds. The molecule has 17 heavy (non-hydrogen) atoms. The minimum absolute atomic E-state index is 0.0673. The van der Waals surface area contributed by atoms with Crippen molar-refractivity contribution in [1.82, 2.24) is 4.90 Å². The molecule has 0 saturated heterocycles. The van der Waals surface area contributed by atoms with Gasteiger partial charge in [0.15, 0.2) is 0 Å². The van der Waals surface area contributed by atoms with E-state index in [1.54, 1.807) is 0 Å². The molecule has 1 aliphatic rings. The van der Waals surface area contributed by atoms with E-state index >= 15 is 0 Å². The third kappa shape index (κ3) is 3.98. The number of aliphatic carboxylic acids is 1. The van der Waals surface area contributed by atoms with Crippen LogP contribution >= 0.6 is 0 Å². The Morgan fingerprint density at radius 2 is 2.00 bits per heavy atom. The second kappa shape index (κ2) is 5.85. The molecule has 1 aliphatic carbocycles. The Kier molecular flexibility index (Phi) is 4.99. The third-order valence-electron chi connectivity index (χ3n) is 3.97. The fraction of sp³-hybridized carbons (Fsp3) is 0.929. The van der Waals surface area contributed by atoms with E-state index in [9.17, 15) is 4.79 Å². The maximum atomic E-state index is 10.8. The number of rotatable bonds is 5. The normalized spacial score (nSPS) is 25.5. The minimum Gasteiger partial charge on any atom is -0.481 e. The zero-order chi connectivity index (χ0) is 13.1. The van der Waals surface area contributed by atoms with Crippen molar-refractivity contribution in [2.24, 2.45) is 5.92 Å². The molecule has 0 radical (unpaired) electrons. The molecule has 3 heteroatoms. The molecule has 0 spiro atoms. The Morgan fingerprint density at radius 3 is 2.47 bits per heavy atom. The second-order valence-corrected chi connectivity index (χ2v) is 6.17. The largest absolute Gasteiger partial charge is 0.481 e.